The number of halogens is 2. The minimum absolute atomic E-state index is 0.321. The largest absolute Gasteiger partial charge is 0.298 e. The molecule has 0 aliphatic carbocycles. The quantitative estimate of drug-likeness (QED) is 0.649. The van der Waals surface area contributed by atoms with Crippen LogP contribution in [0.25, 0.3) is 0 Å². The Morgan fingerprint density at radius 2 is 2.00 bits per heavy atom. The van der Waals surface area contributed by atoms with E-state index in [1.54, 1.807) is 6.20 Å². The Balaban J connectivity index is 1.69. The topological polar surface area (TPSA) is 42.0 Å². The van der Waals surface area contributed by atoms with E-state index in [1.165, 1.54) is 40.7 Å². The lowest BCUT2D eigenvalue weighted by atomic mass is 10.1. The molecule has 0 unspecified atom stereocenters. The molecule has 6 heteroatoms. The fourth-order valence-electron chi connectivity index (χ4n) is 2.19. The van der Waals surface area contributed by atoms with Crippen molar-refractivity contribution in [3.63, 3.8) is 0 Å². The number of nitrogens with one attached hydrogen (secondary N) is 1. The van der Waals surface area contributed by atoms with E-state index in [9.17, 15) is 9.18 Å². The van der Waals surface area contributed by atoms with Crippen LogP contribution in [0, 0.1) is 12.7 Å². The lowest BCUT2D eigenvalue weighted by Crippen LogP contribution is -2.12. The van der Waals surface area contributed by atoms with Crippen LogP contribution in [0.5, 0.6) is 0 Å². The van der Waals surface area contributed by atoms with Crippen LogP contribution in [0.15, 0.2) is 53.1 Å². The first-order valence-electron chi connectivity index (χ1n) is 7.28. The van der Waals surface area contributed by atoms with Crippen molar-refractivity contribution in [2.75, 3.05) is 5.32 Å². The van der Waals surface area contributed by atoms with Crippen LogP contribution in [0.3, 0.4) is 0 Å². The van der Waals surface area contributed by atoms with Crippen molar-refractivity contribution in [3.8, 4) is 0 Å². The van der Waals surface area contributed by atoms with Crippen LogP contribution in [-0.2, 0) is 6.42 Å². The van der Waals surface area contributed by atoms with E-state index in [2.05, 4.69) is 57.4 Å². The number of rotatable bonds is 4. The number of benzene rings is 2. The van der Waals surface area contributed by atoms with Gasteiger partial charge in [-0.15, -0.1) is 11.3 Å². The Morgan fingerprint density at radius 1 is 1.25 bits per heavy atom. The van der Waals surface area contributed by atoms with Gasteiger partial charge in [-0.05, 0) is 46.6 Å². The molecule has 0 radical (unpaired) electrons. The van der Waals surface area contributed by atoms with Gasteiger partial charge < -0.3 is 0 Å². The summed E-state index contributed by atoms with van der Waals surface area (Å²) in [6.45, 7) is 2.05. The van der Waals surface area contributed by atoms with Crippen LogP contribution in [0.1, 0.15) is 26.4 Å². The van der Waals surface area contributed by atoms with Gasteiger partial charge in [-0.3, -0.25) is 10.1 Å². The standard InChI is InChI=1S/C18H14BrFN2OS/c1-11-2-4-12(5-3-11)8-14-10-21-18(24-14)22-17(23)15-7-6-13(20)9-16(15)19/h2-7,9-10H,8H2,1H3,(H,21,22,23). The minimum Gasteiger partial charge on any atom is -0.298 e. The molecule has 0 saturated carbocycles. The van der Waals surface area contributed by atoms with Crippen molar-refractivity contribution < 1.29 is 9.18 Å². The minimum atomic E-state index is -0.395. The van der Waals surface area contributed by atoms with E-state index in [-0.39, 0.29) is 5.91 Å². The molecule has 0 aliphatic heterocycles. The van der Waals surface area contributed by atoms with Gasteiger partial charge in [-0.25, -0.2) is 9.37 Å². The molecule has 1 amide bonds. The van der Waals surface area contributed by atoms with Gasteiger partial charge in [0.1, 0.15) is 5.82 Å². The molecule has 24 heavy (non-hydrogen) atoms. The highest BCUT2D eigenvalue weighted by Gasteiger charge is 2.13. The number of aryl methyl sites for hydroxylation is 1. The highest BCUT2D eigenvalue weighted by atomic mass is 79.9. The maximum absolute atomic E-state index is 13.1. The fraction of sp³-hybridized carbons (Fsp3) is 0.111. The molecule has 3 nitrogen and oxygen atoms in total. The number of aromatic nitrogens is 1. The zero-order valence-electron chi connectivity index (χ0n) is 12.8. The fourth-order valence-corrected chi connectivity index (χ4v) is 3.56. The van der Waals surface area contributed by atoms with Crippen molar-refractivity contribution >= 4 is 38.3 Å². The summed E-state index contributed by atoms with van der Waals surface area (Å²) in [5.74, 6) is -0.717. The zero-order chi connectivity index (χ0) is 17.1. The summed E-state index contributed by atoms with van der Waals surface area (Å²) in [6.07, 6.45) is 2.54. The molecule has 3 rings (SSSR count). The van der Waals surface area contributed by atoms with Crippen LogP contribution >= 0.6 is 27.3 Å². The highest BCUT2D eigenvalue weighted by Crippen LogP contribution is 2.24. The molecule has 0 fully saturated rings. The number of carbonyl (C=O) groups is 1. The van der Waals surface area contributed by atoms with Gasteiger partial charge in [0, 0.05) is 22.0 Å². The molecular weight excluding hydrogens is 391 g/mol. The molecule has 1 N–H and O–H groups in total. The molecule has 0 spiro atoms. The molecule has 0 atom stereocenters. The lowest BCUT2D eigenvalue weighted by molar-refractivity contribution is 0.102. The van der Waals surface area contributed by atoms with Crippen LogP contribution in [-0.4, -0.2) is 10.9 Å². The van der Waals surface area contributed by atoms with E-state index in [0.717, 1.165) is 11.3 Å². The summed E-state index contributed by atoms with van der Waals surface area (Å²) < 4.78 is 13.5. The van der Waals surface area contributed by atoms with Gasteiger partial charge in [0.05, 0.1) is 5.56 Å². The SMILES string of the molecule is Cc1ccc(Cc2cnc(NC(=O)c3ccc(F)cc3Br)s2)cc1. The van der Waals surface area contributed by atoms with Crippen molar-refractivity contribution in [1.82, 2.24) is 4.98 Å². The Kier molecular flexibility index (Phi) is 5.06. The summed E-state index contributed by atoms with van der Waals surface area (Å²) in [7, 11) is 0. The highest BCUT2D eigenvalue weighted by molar-refractivity contribution is 9.10. The summed E-state index contributed by atoms with van der Waals surface area (Å²) in [5.41, 5.74) is 2.79. The molecule has 0 bridgehead atoms. The van der Waals surface area contributed by atoms with E-state index in [4.69, 9.17) is 0 Å². The average molecular weight is 405 g/mol. The number of nitrogens with zero attached hydrogens (tertiary/aromatic N) is 1. The predicted octanol–water partition coefficient (Wildman–Crippen LogP) is 5.20. The van der Waals surface area contributed by atoms with E-state index in [1.807, 2.05) is 0 Å². The third kappa shape index (κ3) is 4.07. The number of amides is 1. The second-order valence-corrected chi connectivity index (χ2v) is 7.34. The molecule has 1 heterocycles. The lowest BCUT2D eigenvalue weighted by Gasteiger charge is -2.04. The second kappa shape index (κ2) is 7.23. The predicted molar refractivity (Wildman–Crippen MR) is 98.2 cm³/mol. The van der Waals surface area contributed by atoms with Crippen LogP contribution in [0.4, 0.5) is 9.52 Å². The summed E-state index contributed by atoms with van der Waals surface area (Å²) in [5, 5.41) is 3.28. The maximum Gasteiger partial charge on any atom is 0.258 e. The molecule has 0 aliphatic rings. The van der Waals surface area contributed by atoms with Crippen molar-refractivity contribution in [2.24, 2.45) is 0 Å². The Morgan fingerprint density at radius 3 is 2.71 bits per heavy atom. The zero-order valence-corrected chi connectivity index (χ0v) is 15.2. The monoisotopic (exact) mass is 404 g/mol. The summed E-state index contributed by atoms with van der Waals surface area (Å²) in [4.78, 5) is 17.6. The van der Waals surface area contributed by atoms with E-state index >= 15 is 0 Å². The molecule has 0 saturated heterocycles. The second-order valence-electron chi connectivity index (χ2n) is 5.37. The van der Waals surface area contributed by atoms with Gasteiger partial charge in [-0.2, -0.15) is 0 Å². The molecule has 2 aromatic carbocycles. The van der Waals surface area contributed by atoms with Crippen LogP contribution < -0.4 is 5.32 Å². The van der Waals surface area contributed by atoms with Crippen molar-refractivity contribution in [3.05, 3.63) is 80.5 Å². The van der Waals surface area contributed by atoms with Crippen LogP contribution in [0.2, 0.25) is 0 Å². The molecule has 122 valence electrons. The maximum atomic E-state index is 13.1. The first kappa shape index (κ1) is 16.8. The van der Waals surface area contributed by atoms with Crippen molar-refractivity contribution in [1.29, 1.82) is 0 Å². The van der Waals surface area contributed by atoms with E-state index < -0.39 is 5.82 Å². The van der Waals surface area contributed by atoms with Gasteiger partial charge in [0.15, 0.2) is 5.13 Å². The number of thiazole rings is 1. The molecule has 3 aromatic rings. The van der Waals surface area contributed by atoms with Crippen molar-refractivity contribution in [2.45, 2.75) is 13.3 Å². The normalized spacial score (nSPS) is 10.6. The molecular formula is C18H14BrFN2OS. The third-order valence-corrected chi connectivity index (χ3v) is 5.02. The summed E-state index contributed by atoms with van der Waals surface area (Å²) >= 11 is 4.63. The number of hydrogen-bond acceptors (Lipinski definition) is 3. The molecule has 1 aromatic heterocycles. The Labute approximate surface area is 151 Å². The smallest absolute Gasteiger partial charge is 0.258 e. The van der Waals surface area contributed by atoms with Gasteiger partial charge in [0.2, 0.25) is 0 Å². The first-order chi connectivity index (χ1) is 11.5. The Bertz CT molecular complexity index is 877. The number of anilines is 1. The Hall–Kier alpha value is -2.05. The van der Waals surface area contributed by atoms with Gasteiger partial charge >= 0.3 is 0 Å². The number of carbonyl (C=O) groups excluding carboxylic acids is 1. The average Bonchev–Trinajstić information content (AvgIpc) is 2.96. The van der Waals surface area contributed by atoms with E-state index in [0.29, 0.717) is 15.2 Å². The first-order valence-corrected chi connectivity index (χ1v) is 8.89. The van der Waals surface area contributed by atoms with Gasteiger partial charge in [0.25, 0.3) is 5.91 Å². The number of hydrogen-bond donors (Lipinski definition) is 1. The van der Waals surface area contributed by atoms with Gasteiger partial charge in [-0.1, -0.05) is 29.8 Å². The summed E-state index contributed by atoms with van der Waals surface area (Å²) in [6, 6.07) is 12.3. The third-order valence-electron chi connectivity index (χ3n) is 3.45.